The Labute approximate surface area is 295 Å². The number of fused-ring (bicyclic) bond motifs is 6. The SMILES string of the molecule is Cc1ccnc(-c2[c-]c3c(cc2)c2ccccc2n3-c2[c-]c(C3=N[C@@H]4CCc5c(C)cc(C)cc5[C@@H]4O3)cc(-c3ccccc3)c2)c1.[Pt+2]. The number of aromatic nitrogens is 2. The van der Waals surface area contributed by atoms with E-state index in [0.29, 0.717) is 5.90 Å². The summed E-state index contributed by atoms with van der Waals surface area (Å²) in [7, 11) is 0. The summed E-state index contributed by atoms with van der Waals surface area (Å²) in [6, 6.07) is 44.2. The van der Waals surface area contributed by atoms with E-state index in [1.807, 2.05) is 12.3 Å². The van der Waals surface area contributed by atoms with Crippen LogP contribution >= 0.6 is 0 Å². The van der Waals surface area contributed by atoms with Gasteiger partial charge in [-0.3, -0.25) is 4.99 Å². The molecule has 0 radical (unpaired) electrons. The van der Waals surface area contributed by atoms with Crippen LogP contribution in [0.4, 0.5) is 0 Å². The molecule has 0 N–H and O–H groups in total. The minimum atomic E-state index is -0.0736. The molecule has 5 heteroatoms. The molecule has 48 heavy (non-hydrogen) atoms. The zero-order valence-corrected chi connectivity index (χ0v) is 29.3. The number of aryl methyl sites for hydroxylation is 3. The molecule has 0 spiro atoms. The van der Waals surface area contributed by atoms with E-state index in [0.717, 1.165) is 62.9 Å². The topological polar surface area (TPSA) is 39.4 Å². The monoisotopic (exact) mass is 802 g/mol. The van der Waals surface area contributed by atoms with E-state index >= 15 is 0 Å². The van der Waals surface area contributed by atoms with Crippen LogP contribution in [0.15, 0.2) is 114 Å². The first-order chi connectivity index (χ1) is 23.0. The predicted octanol–water partition coefficient (Wildman–Crippen LogP) is 9.87. The van der Waals surface area contributed by atoms with Crippen molar-refractivity contribution in [3.63, 3.8) is 0 Å². The standard InChI is InChI=1S/C43H33N3O.Pt/c1-26-17-18-44-39(21-26)30-13-14-36-35-11-7-8-12-40(35)46(41(36)25-30)33-23-31(29-9-5-4-6-10-29)22-32(24-33)43-45-38-16-15-34-28(3)19-27(2)20-37(34)42(38)47-43;/h4-14,17-23,38,42H,15-16H2,1-3H3;/q-2;+2/t38-,42+;/m1./s1. The molecule has 1 aliphatic heterocycles. The minimum absolute atomic E-state index is 0. The van der Waals surface area contributed by atoms with Crippen LogP contribution < -0.4 is 0 Å². The van der Waals surface area contributed by atoms with Crippen molar-refractivity contribution < 1.29 is 25.8 Å². The van der Waals surface area contributed by atoms with Gasteiger partial charge in [0.05, 0.1) is 6.04 Å². The summed E-state index contributed by atoms with van der Waals surface area (Å²) in [6.07, 6.45) is 3.80. The van der Waals surface area contributed by atoms with Crippen LogP contribution in [0.25, 0.3) is 49.9 Å². The maximum Gasteiger partial charge on any atom is 2.00 e. The molecule has 7 aromatic rings. The van der Waals surface area contributed by atoms with Gasteiger partial charge < -0.3 is 14.3 Å². The molecular weight excluding hydrogens is 770 g/mol. The number of hydrogen-bond acceptors (Lipinski definition) is 3. The Morgan fingerprint density at radius 1 is 0.750 bits per heavy atom. The van der Waals surface area contributed by atoms with Gasteiger partial charge in [0.25, 0.3) is 0 Å². The van der Waals surface area contributed by atoms with Crippen molar-refractivity contribution in [3.05, 3.63) is 155 Å². The Morgan fingerprint density at radius 2 is 1.58 bits per heavy atom. The molecule has 3 heterocycles. The van der Waals surface area contributed by atoms with Gasteiger partial charge in [-0.15, -0.1) is 42.0 Å². The molecule has 0 bridgehead atoms. The molecule has 0 saturated carbocycles. The molecule has 0 fully saturated rings. The van der Waals surface area contributed by atoms with Crippen molar-refractivity contribution in [2.24, 2.45) is 4.99 Å². The molecule has 2 aliphatic rings. The fourth-order valence-electron chi connectivity index (χ4n) is 7.55. The first-order valence-electron chi connectivity index (χ1n) is 16.4. The molecule has 4 nitrogen and oxygen atoms in total. The second-order valence-corrected chi connectivity index (χ2v) is 13.0. The van der Waals surface area contributed by atoms with Crippen LogP contribution in [0.1, 0.15) is 45.9 Å². The number of nitrogens with zero attached hydrogens (tertiary/aromatic N) is 3. The van der Waals surface area contributed by atoms with Gasteiger partial charge in [-0.05, 0) is 90.3 Å². The largest absolute Gasteiger partial charge is 2.00 e. The maximum atomic E-state index is 6.81. The number of para-hydroxylation sites is 1. The number of aliphatic imine (C=N–C) groups is 1. The van der Waals surface area contributed by atoms with E-state index in [1.54, 1.807) is 0 Å². The van der Waals surface area contributed by atoms with E-state index < -0.39 is 0 Å². The second kappa shape index (κ2) is 12.0. The summed E-state index contributed by atoms with van der Waals surface area (Å²) in [6.45, 7) is 6.48. The second-order valence-electron chi connectivity index (χ2n) is 13.0. The quantitative estimate of drug-likeness (QED) is 0.166. The molecule has 2 aromatic heterocycles. The third kappa shape index (κ3) is 5.11. The summed E-state index contributed by atoms with van der Waals surface area (Å²) in [4.78, 5) is 9.90. The van der Waals surface area contributed by atoms with Crippen molar-refractivity contribution in [1.29, 1.82) is 0 Å². The molecule has 2 atom stereocenters. The summed E-state index contributed by atoms with van der Waals surface area (Å²) < 4.78 is 9.09. The van der Waals surface area contributed by atoms with Crippen LogP contribution in [-0.2, 0) is 32.2 Å². The summed E-state index contributed by atoms with van der Waals surface area (Å²) in [5.41, 5.74) is 14.4. The van der Waals surface area contributed by atoms with Crippen LogP contribution in [0, 0.1) is 32.9 Å². The van der Waals surface area contributed by atoms with Gasteiger partial charge in [0, 0.05) is 11.7 Å². The number of hydrogen-bond donors (Lipinski definition) is 0. The van der Waals surface area contributed by atoms with E-state index in [1.165, 1.54) is 33.2 Å². The molecule has 1 aliphatic carbocycles. The van der Waals surface area contributed by atoms with E-state index in [4.69, 9.17) is 9.73 Å². The molecule has 0 saturated heterocycles. The van der Waals surface area contributed by atoms with E-state index in [9.17, 15) is 0 Å². The minimum Gasteiger partial charge on any atom is -0.510 e. The molecule has 0 unspecified atom stereocenters. The average molecular weight is 803 g/mol. The van der Waals surface area contributed by atoms with Crippen molar-refractivity contribution in [3.8, 4) is 28.1 Å². The van der Waals surface area contributed by atoms with Crippen LogP contribution in [0.5, 0.6) is 0 Å². The van der Waals surface area contributed by atoms with Gasteiger partial charge >= 0.3 is 21.1 Å². The third-order valence-corrected chi connectivity index (χ3v) is 9.73. The van der Waals surface area contributed by atoms with Crippen molar-refractivity contribution in [1.82, 2.24) is 9.55 Å². The smallest absolute Gasteiger partial charge is 0.510 e. The molecule has 0 amide bonds. The predicted molar refractivity (Wildman–Crippen MR) is 190 cm³/mol. The Balaban J connectivity index is 0.00000336. The molecule has 236 valence electrons. The van der Waals surface area contributed by atoms with E-state index in [2.05, 4.69) is 140 Å². The first kappa shape index (κ1) is 30.5. The van der Waals surface area contributed by atoms with Gasteiger partial charge in [0.15, 0.2) is 0 Å². The Bertz CT molecular complexity index is 2390. The van der Waals surface area contributed by atoms with Gasteiger partial charge in [-0.25, -0.2) is 0 Å². The molecule has 9 rings (SSSR count). The summed E-state index contributed by atoms with van der Waals surface area (Å²) in [5.74, 6) is 0.667. The van der Waals surface area contributed by atoms with Crippen LogP contribution in [-0.4, -0.2) is 21.5 Å². The molecule has 5 aromatic carbocycles. The van der Waals surface area contributed by atoms with Gasteiger partial charge in [0.2, 0.25) is 0 Å². The van der Waals surface area contributed by atoms with Crippen LogP contribution in [0.2, 0.25) is 0 Å². The van der Waals surface area contributed by atoms with E-state index in [-0.39, 0.29) is 33.2 Å². The molecular formula is C43H33N3OPt. The van der Waals surface area contributed by atoms with Gasteiger partial charge in [-0.2, -0.15) is 0 Å². The Kier molecular flexibility index (Phi) is 7.65. The Hall–Kier alpha value is -4.79. The number of ether oxygens (including phenoxy) is 1. The van der Waals surface area contributed by atoms with Crippen LogP contribution in [0.3, 0.4) is 0 Å². The number of benzene rings is 5. The Morgan fingerprint density at radius 3 is 2.44 bits per heavy atom. The fourth-order valence-corrected chi connectivity index (χ4v) is 7.55. The zero-order chi connectivity index (χ0) is 31.6. The van der Waals surface area contributed by atoms with Crippen molar-refractivity contribution >= 4 is 27.7 Å². The maximum absolute atomic E-state index is 6.81. The normalized spacial score (nSPS) is 16.6. The van der Waals surface area contributed by atoms with Crippen molar-refractivity contribution in [2.45, 2.75) is 45.8 Å². The number of pyridine rings is 1. The summed E-state index contributed by atoms with van der Waals surface area (Å²) in [5, 5.41) is 2.31. The third-order valence-electron chi connectivity index (χ3n) is 9.73. The fraction of sp³-hybridized carbons (Fsp3) is 0.163. The zero-order valence-electron chi connectivity index (χ0n) is 27.0. The van der Waals surface area contributed by atoms with Gasteiger partial charge in [-0.1, -0.05) is 94.4 Å². The first-order valence-corrected chi connectivity index (χ1v) is 16.4. The summed E-state index contributed by atoms with van der Waals surface area (Å²) >= 11 is 0. The average Bonchev–Trinajstić information content (AvgIpc) is 3.68. The van der Waals surface area contributed by atoms with Gasteiger partial charge in [0.1, 0.15) is 12.0 Å². The number of rotatable bonds is 4. The van der Waals surface area contributed by atoms with Crippen molar-refractivity contribution in [2.75, 3.05) is 0 Å².